The first kappa shape index (κ1) is 32.6. The van der Waals surface area contributed by atoms with Gasteiger partial charge < -0.3 is 29.4 Å². The molecular formula is C31H38N4O8. The van der Waals surface area contributed by atoms with Gasteiger partial charge in [-0.3, -0.25) is 19.3 Å². The number of rotatable bonds is 13. The molecule has 3 aromatic rings. The second kappa shape index (κ2) is 14.3. The Morgan fingerprint density at radius 3 is 2.26 bits per heavy atom. The maximum Gasteiger partial charge on any atom is 0.337 e. The third kappa shape index (κ3) is 8.12. The molecule has 12 heteroatoms. The van der Waals surface area contributed by atoms with E-state index in [1.54, 1.807) is 43.3 Å². The van der Waals surface area contributed by atoms with Crippen molar-refractivity contribution in [1.29, 1.82) is 0 Å². The van der Waals surface area contributed by atoms with Gasteiger partial charge in [0.25, 0.3) is 0 Å². The summed E-state index contributed by atoms with van der Waals surface area (Å²) in [7, 11) is 4.18. The smallest absolute Gasteiger partial charge is 0.337 e. The van der Waals surface area contributed by atoms with Crippen LogP contribution in [0.25, 0.3) is 0 Å². The molecule has 1 atom stereocenters. The van der Waals surface area contributed by atoms with Gasteiger partial charge in [-0.15, -0.1) is 0 Å². The van der Waals surface area contributed by atoms with Gasteiger partial charge in [0.1, 0.15) is 11.8 Å². The molecule has 0 aliphatic rings. The number of nitrogens with one attached hydrogen (secondary N) is 2. The molecule has 0 bridgehead atoms. The van der Waals surface area contributed by atoms with E-state index in [-0.39, 0.29) is 30.0 Å². The summed E-state index contributed by atoms with van der Waals surface area (Å²) in [6.07, 6.45) is 0.157. The summed E-state index contributed by atoms with van der Waals surface area (Å²) < 4.78 is 20.9. The lowest BCUT2D eigenvalue weighted by Gasteiger charge is -2.35. The Labute approximate surface area is 250 Å². The van der Waals surface area contributed by atoms with Crippen molar-refractivity contribution in [2.45, 2.75) is 58.5 Å². The van der Waals surface area contributed by atoms with Crippen molar-refractivity contribution in [2.24, 2.45) is 0 Å². The molecule has 3 amide bonds. The molecule has 0 aliphatic carbocycles. The lowest BCUT2D eigenvalue weighted by atomic mass is 9.97. The molecule has 0 unspecified atom stereocenters. The average molecular weight is 595 g/mol. The minimum absolute atomic E-state index is 0.203. The fourth-order valence-electron chi connectivity index (χ4n) is 4.30. The predicted octanol–water partition coefficient (Wildman–Crippen LogP) is 4.58. The highest BCUT2D eigenvalue weighted by Crippen LogP contribution is 2.39. The van der Waals surface area contributed by atoms with Crippen molar-refractivity contribution < 1.29 is 37.9 Å². The van der Waals surface area contributed by atoms with Gasteiger partial charge in [0.15, 0.2) is 17.3 Å². The van der Waals surface area contributed by atoms with Crippen LogP contribution in [0.2, 0.25) is 0 Å². The number of methoxy groups -OCH3 is 3. The summed E-state index contributed by atoms with van der Waals surface area (Å²) >= 11 is 0. The number of benzene rings is 2. The summed E-state index contributed by atoms with van der Waals surface area (Å²) in [4.78, 5) is 54.3. The highest BCUT2D eigenvalue weighted by Gasteiger charge is 2.37. The van der Waals surface area contributed by atoms with Crippen LogP contribution >= 0.6 is 0 Å². The summed E-state index contributed by atoms with van der Waals surface area (Å²) in [5, 5.41) is 9.38. The predicted molar refractivity (Wildman–Crippen MR) is 159 cm³/mol. The first-order valence-corrected chi connectivity index (χ1v) is 13.7. The van der Waals surface area contributed by atoms with Crippen LogP contribution in [-0.4, -0.2) is 55.7 Å². The standard InChI is InChI=1S/C31H38N4O8/c1-8-31(3,4)33-29(38)27(22-10-9-11-23(40-5)28(22)41-6)35(21-14-12-20(13-15-21)30(39)42-7)26(37)17-16-25(36)32-24-18-19(2)43-34-24/h9-15,18,27H,8,16-17H2,1-7H3,(H,33,38)(H,32,34,36)/t27-/m1/s1. The van der Waals surface area contributed by atoms with Gasteiger partial charge in [0.2, 0.25) is 17.7 Å². The van der Waals surface area contributed by atoms with Gasteiger partial charge in [0.05, 0.1) is 26.9 Å². The van der Waals surface area contributed by atoms with E-state index < -0.39 is 35.3 Å². The zero-order chi connectivity index (χ0) is 31.7. The van der Waals surface area contributed by atoms with Gasteiger partial charge in [0, 0.05) is 35.7 Å². The molecule has 0 saturated carbocycles. The second-order valence-electron chi connectivity index (χ2n) is 10.4. The van der Waals surface area contributed by atoms with Crippen molar-refractivity contribution in [1.82, 2.24) is 10.5 Å². The summed E-state index contributed by atoms with van der Waals surface area (Å²) in [5.41, 5.74) is 0.317. The van der Waals surface area contributed by atoms with E-state index in [1.165, 1.54) is 38.4 Å². The van der Waals surface area contributed by atoms with Crippen molar-refractivity contribution in [3.05, 3.63) is 65.4 Å². The normalized spacial score (nSPS) is 11.7. The van der Waals surface area contributed by atoms with Crippen molar-refractivity contribution in [2.75, 3.05) is 31.5 Å². The third-order valence-corrected chi connectivity index (χ3v) is 6.88. The average Bonchev–Trinajstić information content (AvgIpc) is 3.41. The van der Waals surface area contributed by atoms with Crippen LogP contribution in [-0.2, 0) is 19.1 Å². The molecule has 1 heterocycles. The van der Waals surface area contributed by atoms with Crippen LogP contribution in [0.3, 0.4) is 0 Å². The zero-order valence-electron chi connectivity index (χ0n) is 25.5. The Morgan fingerprint density at radius 1 is 1.00 bits per heavy atom. The quantitative estimate of drug-likeness (QED) is 0.271. The SMILES string of the molecule is CCC(C)(C)NC(=O)[C@@H](c1cccc(OC)c1OC)N(C(=O)CCC(=O)Nc1cc(C)on1)c1ccc(C(=O)OC)cc1. The molecule has 43 heavy (non-hydrogen) atoms. The molecule has 2 aromatic carbocycles. The lowest BCUT2D eigenvalue weighted by molar-refractivity contribution is -0.128. The maximum atomic E-state index is 14.1. The van der Waals surface area contributed by atoms with Crippen LogP contribution in [0.5, 0.6) is 11.5 Å². The molecule has 230 valence electrons. The molecule has 1 aromatic heterocycles. The highest BCUT2D eigenvalue weighted by molar-refractivity contribution is 6.04. The number of hydrogen-bond donors (Lipinski definition) is 2. The van der Waals surface area contributed by atoms with E-state index in [9.17, 15) is 19.2 Å². The summed E-state index contributed by atoms with van der Waals surface area (Å²) in [6, 6.07) is 11.4. The topological polar surface area (TPSA) is 149 Å². The van der Waals surface area contributed by atoms with Crippen LogP contribution < -0.4 is 25.0 Å². The van der Waals surface area contributed by atoms with Gasteiger partial charge in [-0.05, 0) is 57.5 Å². The molecular weight excluding hydrogens is 556 g/mol. The number of carbonyl (C=O) groups is 4. The van der Waals surface area contributed by atoms with Crippen LogP contribution in [0.1, 0.15) is 67.8 Å². The minimum Gasteiger partial charge on any atom is -0.493 e. The fraction of sp³-hybridized carbons (Fsp3) is 0.387. The van der Waals surface area contributed by atoms with E-state index in [0.29, 0.717) is 29.2 Å². The Kier molecular flexibility index (Phi) is 10.9. The van der Waals surface area contributed by atoms with E-state index in [1.807, 2.05) is 20.8 Å². The number of ether oxygens (including phenoxy) is 3. The largest absolute Gasteiger partial charge is 0.493 e. The monoisotopic (exact) mass is 594 g/mol. The summed E-state index contributed by atoms with van der Waals surface area (Å²) in [5.74, 6) is -0.657. The molecule has 0 spiro atoms. The number of para-hydroxylation sites is 1. The number of hydrogen-bond acceptors (Lipinski definition) is 9. The molecule has 0 radical (unpaired) electrons. The minimum atomic E-state index is -1.24. The van der Waals surface area contributed by atoms with Gasteiger partial charge in [-0.2, -0.15) is 0 Å². The number of aromatic nitrogens is 1. The Bertz CT molecular complexity index is 1450. The number of nitrogens with zero attached hydrogens (tertiary/aromatic N) is 2. The van der Waals surface area contributed by atoms with Crippen molar-refractivity contribution in [3.63, 3.8) is 0 Å². The highest BCUT2D eigenvalue weighted by atomic mass is 16.5. The third-order valence-electron chi connectivity index (χ3n) is 6.88. The van der Waals surface area contributed by atoms with Crippen molar-refractivity contribution >= 4 is 35.2 Å². The lowest BCUT2D eigenvalue weighted by Crippen LogP contribution is -2.50. The van der Waals surface area contributed by atoms with E-state index in [4.69, 9.17) is 18.7 Å². The first-order valence-electron chi connectivity index (χ1n) is 13.7. The van der Waals surface area contributed by atoms with Crippen LogP contribution in [0.15, 0.2) is 53.1 Å². The fourth-order valence-corrected chi connectivity index (χ4v) is 4.30. The van der Waals surface area contributed by atoms with Gasteiger partial charge in [-0.1, -0.05) is 24.2 Å². The number of esters is 1. The number of amides is 3. The van der Waals surface area contributed by atoms with Gasteiger partial charge >= 0.3 is 5.97 Å². The van der Waals surface area contributed by atoms with Crippen LogP contribution in [0.4, 0.5) is 11.5 Å². The van der Waals surface area contributed by atoms with E-state index >= 15 is 0 Å². The first-order chi connectivity index (χ1) is 20.4. The Morgan fingerprint density at radius 2 is 1.70 bits per heavy atom. The van der Waals surface area contributed by atoms with Gasteiger partial charge in [-0.25, -0.2) is 4.79 Å². The number of aryl methyl sites for hydroxylation is 1. The maximum absolute atomic E-state index is 14.1. The van der Waals surface area contributed by atoms with Crippen molar-refractivity contribution in [3.8, 4) is 11.5 Å². The molecule has 12 nitrogen and oxygen atoms in total. The summed E-state index contributed by atoms with van der Waals surface area (Å²) in [6.45, 7) is 7.37. The molecule has 0 aliphatic heterocycles. The molecule has 2 N–H and O–H groups in total. The molecule has 3 rings (SSSR count). The Hall–Kier alpha value is -4.87. The Balaban J connectivity index is 2.11. The number of carbonyl (C=O) groups excluding carboxylic acids is 4. The zero-order valence-corrected chi connectivity index (χ0v) is 25.5. The van der Waals surface area contributed by atoms with Crippen LogP contribution in [0, 0.1) is 6.92 Å². The molecule has 0 fully saturated rings. The number of anilines is 2. The second-order valence-corrected chi connectivity index (χ2v) is 10.4. The van der Waals surface area contributed by atoms with E-state index in [0.717, 1.165) is 0 Å². The molecule has 0 saturated heterocycles. The van der Waals surface area contributed by atoms with E-state index in [2.05, 4.69) is 15.8 Å².